The molecule has 1 aromatic heterocycles. The van der Waals surface area contributed by atoms with Crippen molar-refractivity contribution in [3.63, 3.8) is 0 Å². The van der Waals surface area contributed by atoms with Crippen LogP contribution in [0.2, 0.25) is 0 Å². The van der Waals surface area contributed by atoms with E-state index in [2.05, 4.69) is 57.3 Å². The third-order valence-corrected chi connectivity index (χ3v) is 6.81. The van der Waals surface area contributed by atoms with Crippen molar-refractivity contribution in [3.8, 4) is 0 Å². The summed E-state index contributed by atoms with van der Waals surface area (Å²) in [7, 11) is 0. The molecule has 2 N–H and O–H groups in total. The molecule has 1 fully saturated rings. The molecular formula is C26H31N3OS. The summed E-state index contributed by atoms with van der Waals surface area (Å²) in [6.45, 7) is 3.79. The summed E-state index contributed by atoms with van der Waals surface area (Å²) in [6.07, 6.45) is 3.89. The molecule has 0 atom stereocenters. The van der Waals surface area contributed by atoms with Crippen LogP contribution in [-0.2, 0) is 24.2 Å². The van der Waals surface area contributed by atoms with Gasteiger partial charge in [0.05, 0.1) is 6.42 Å². The van der Waals surface area contributed by atoms with Crippen LogP contribution >= 0.6 is 11.3 Å². The minimum atomic E-state index is 0.0611. The summed E-state index contributed by atoms with van der Waals surface area (Å²) in [5, 5.41) is 8.87. The van der Waals surface area contributed by atoms with E-state index in [1.807, 2.05) is 41.7 Å². The van der Waals surface area contributed by atoms with Crippen LogP contribution in [0.15, 0.2) is 72.1 Å². The predicted octanol–water partition coefficient (Wildman–Crippen LogP) is 4.41. The number of thiophene rings is 1. The van der Waals surface area contributed by atoms with Crippen molar-refractivity contribution in [2.24, 2.45) is 0 Å². The second-order valence-corrected chi connectivity index (χ2v) is 9.18. The van der Waals surface area contributed by atoms with Gasteiger partial charge in [-0.25, -0.2) is 0 Å². The molecule has 0 saturated carbocycles. The van der Waals surface area contributed by atoms with E-state index in [-0.39, 0.29) is 5.91 Å². The van der Waals surface area contributed by atoms with Crippen LogP contribution in [0, 0.1) is 0 Å². The average molecular weight is 434 g/mol. The monoisotopic (exact) mass is 433 g/mol. The molecule has 0 spiro atoms. The SMILES string of the molecule is O=C(Cc1ccc(N2CCC(NCCc3cccs3)CC2)cc1)NCc1ccccc1. The number of nitrogens with one attached hydrogen (secondary N) is 2. The predicted molar refractivity (Wildman–Crippen MR) is 130 cm³/mol. The molecule has 4 nitrogen and oxygen atoms in total. The lowest BCUT2D eigenvalue weighted by Gasteiger charge is -2.34. The fraction of sp³-hybridized carbons (Fsp3) is 0.346. The average Bonchev–Trinajstić information content (AvgIpc) is 3.33. The first-order valence-corrected chi connectivity index (χ1v) is 12.0. The number of rotatable bonds is 9. The van der Waals surface area contributed by atoms with Gasteiger partial charge in [-0.3, -0.25) is 4.79 Å². The highest BCUT2D eigenvalue weighted by atomic mass is 32.1. The molecule has 31 heavy (non-hydrogen) atoms. The molecule has 2 heterocycles. The van der Waals surface area contributed by atoms with E-state index in [0.717, 1.165) is 37.2 Å². The van der Waals surface area contributed by atoms with E-state index in [1.54, 1.807) is 0 Å². The van der Waals surface area contributed by atoms with E-state index >= 15 is 0 Å². The molecule has 0 radical (unpaired) electrons. The molecule has 0 unspecified atom stereocenters. The van der Waals surface area contributed by atoms with Gasteiger partial charge in [-0.05, 0) is 54.0 Å². The van der Waals surface area contributed by atoms with Crippen LogP contribution in [0.25, 0.3) is 0 Å². The molecule has 4 rings (SSSR count). The second-order valence-electron chi connectivity index (χ2n) is 8.15. The normalized spacial score (nSPS) is 14.5. The summed E-state index contributed by atoms with van der Waals surface area (Å²) in [5.74, 6) is 0.0611. The number of hydrogen-bond acceptors (Lipinski definition) is 4. The molecular weight excluding hydrogens is 402 g/mol. The third-order valence-electron chi connectivity index (χ3n) is 5.88. The summed E-state index contributed by atoms with van der Waals surface area (Å²) in [4.78, 5) is 16.2. The Morgan fingerprint density at radius 1 is 0.935 bits per heavy atom. The fourth-order valence-electron chi connectivity index (χ4n) is 4.07. The van der Waals surface area contributed by atoms with Gasteiger partial charge in [0, 0.05) is 42.8 Å². The highest BCUT2D eigenvalue weighted by molar-refractivity contribution is 7.09. The van der Waals surface area contributed by atoms with Crippen molar-refractivity contribution in [1.82, 2.24) is 10.6 Å². The third kappa shape index (κ3) is 6.68. The van der Waals surface area contributed by atoms with Gasteiger partial charge in [-0.2, -0.15) is 0 Å². The number of piperidine rings is 1. The molecule has 1 saturated heterocycles. The van der Waals surface area contributed by atoms with Gasteiger partial charge in [0.1, 0.15) is 0 Å². The maximum absolute atomic E-state index is 12.2. The standard InChI is InChI=1S/C26H31N3OS/c30-26(28-20-22-5-2-1-3-6-22)19-21-8-10-24(11-9-21)29-16-13-23(14-17-29)27-15-12-25-7-4-18-31-25/h1-11,18,23,27H,12-17,19-20H2,(H,28,30). The Morgan fingerprint density at radius 2 is 1.71 bits per heavy atom. The maximum atomic E-state index is 12.2. The number of carbonyl (C=O) groups is 1. The van der Waals surface area contributed by atoms with Crippen LogP contribution in [0.1, 0.15) is 28.8 Å². The minimum Gasteiger partial charge on any atom is -0.371 e. The Kier molecular flexibility index (Phi) is 7.75. The molecule has 0 aliphatic carbocycles. The molecule has 5 heteroatoms. The Hall–Kier alpha value is -2.63. The van der Waals surface area contributed by atoms with Crippen LogP contribution in [0.3, 0.4) is 0 Å². The van der Waals surface area contributed by atoms with Crippen molar-refractivity contribution < 1.29 is 4.79 Å². The quantitative estimate of drug-likeness (QED) is 0.525. The lowest BCUT2D eigenvalue weighted by Crippen LogP contribution is -2.43. The second kappa shape index (κ2) is 11.1. The molecule has 1 aliphatic rings. The molecule has 1 amide bonds. The fourth-order valence-corrected chi connectivity index (χ4v) is 4.77. The Balaban J connectivity index is 1.17. The first kappa shape index (κ1) is 21.6. The van der Waals surface area contributed by atoms with Crippen LogP contribution < -0.4 is 15.5 Å². The van der Waals surface area contributed by atoms with Gasteiger partial charge >= 0.3 is 0 Å². The maximum Gasteiger partial charge on any atom is 0.224 e. The first-order valence-electron chi connectivity index (χ1n) is 11.2. The Labute approximate surface area is 189 Å². The molecule has 3 aromatic rings. The van der Waals surface area contributed by atoms with Crippen molar-refractivity contribution in [2.75, 3.05) is 24.5 Å². The largest absolute Gasteiger partial charge is 0.371 e. The minimum absolute atomic E-state index is 0.0611. The van der Waals surface area contributed by atoms with Gasteiger partial charge in [0.25, 0.3) is 0 Å². The number of amides is 1. The van der Waals surface area contributed by atoms with Crippen molar-refractivity contribution in [3.05, 3.63) is 88.1 Å². The van der Waals surface area contributed by atoms with Crippen molar-refractivity contribution >= 4 is 22.9 Å². The Bertz CT molecular complexity index is 917. The van der Waals surface area contributed by atoms with E-state index in [1.165, 1.54) is 23.4 Å². The van der Waals surface area contributed by atoms with Gasteiger partial charge in [0.2, 0.25) is 5.91 Å². The lowest BCUT2D eigenvalue weighted by atomic mass is 10.0. The summed E-state index contributed by atoms with van der Waals surface area (Å²) < 4.78 is 0. The van der Waals surface area contributed by atoms with Crippen molar-refractivity contribution in [2.45, 2.75) is 38.3 Å². The smallest absolute Gasteiger partial charge is 0.224 e. The number of carbonyl (C=O) groups excluding carboxylic acids is 1. The van der Waals surface area contributed by atoms with Gasteiger partial charge in [-0.1, -0.05) is 48.5 Å². The highest BCUT2D eigenvalue weighted by Crippen LogP contribution is 2.21. The zero-order chi connectivity index (χ0) is 21.3. The topological polar surface area (TPSA) is 44.4 Å². The van der Waals surface area contributed by atoms with E-state index in [4.69, 9.17) is 0 Å². The number of nitrogens with zero attached hydrogens (tertiary/aromatic N) is 1. The van der Waals surface area contributed by atoms with E-state index in [0.29, 0.717) is 19.0 Å². The van der Waals surface area contributed by atoms with Gasteiger partial charge in [0.15, 0.2) is 0 Å². The van der Waals surface area contributed by atoms with Crippen LogP contribution in [0.4, 0.5) is 5.69 Å². The molecule has 0 bridgehead atoms. The van der Waals surface area contributed by atoms with Crippen LogP contribution in [-0.4, -0.2) is 31.6 Å². The van der Waals surface area contributed by atoms with Gasteiger partial charge < -0.3 is 15.5 Å². The number of hydrogen-bond donors (Lipinski definition) is 2. The van der Waals surface area contributed by atoms with Crippen molar-refractivity contribution in [1.29, 1.82) is 0 Å². The van der Waals surface area contributed by atoms with Gasteiger partial charge in [-0.15, -0.1) is 11.3 Å². The zero-order valence-corrected chi connectivity index (χ0v) is 18.7. The number of anilines is 1. The van der Waals surface area contributed by atoms with Crippen LogP contribution in [0.5, 0.6) is 0 Å². The van der Waals surface area contributed by atoms with E-state index < -0.39 is 0 Å². The summed E-state index contributed by atoms with van der Waals surface area (Å²) in [6, 6.07) is 23.5. The molecule has 162 valence electrons. The lowest BCUT2D eigenvalue weighted by molar-refractivity contribution is -0.120. The summed E-state index contributed by atoms with van der Waals surface area (Å²) in [5.41, 5.74) is 3.43. The Morgan fingerprint density at radius 3 is 2.42 bits per heavy atom. The summed E-state index contributed by atoms with van der Waals surface area (Å²) >= 11 is 1.84. The molecule has 1 aliphatic heterocycles. The molecule has 2 aromatic carbocycles. The van der Waals surface area contributed by atoms with E-state index in [9.17, 15) is 4.79 Å². The number of benzene rings is 2. The highest BCUT2D eigenvalue weighted by Gasteiger charge is 2.19. The zero-order valence-electron chi connectivity index (χ0n) is 17.9. The first-order chi connectivity index (χ1) is 15.3.